The zero-order valence-corrected chi connectivity index (χ0v) is 9.67. The van der Waals surface area contributed by atoms with Crippen LogP contribution in [0.25, 0.3) is 0 Å². The molecule has 0 saturated heterocycles. The molecule has 2 heteroatoms. The molecule has 86 valence electrons. The second-order valence-electron chi connectivity index (χ2n) is 3.98. The number of benzene rings is 2. The van der Waals surface area contributed by atoms with Gasteiger partial charge >= 0.3 is 0 Å². The molecule has 0 N–H and O–H groups in total. The van der Waals surface area contributed by atoms with E-state index in [4.69, 9.17) is 4.74 Å². The highest BCUT2D eigenvalue weighted by Gasteiger charge is 2.30. The number of carbonyl (C=O) groups is 1. The predicted octanol–water partition coefficient (Wildman–Crippen LogP) is 3.12. The van der Waals surface area contributed by atoms with E-state index in [1.54, 1.807) is 0 Å². The minimum absolute atomic E-state index is 0.500. The lowest BCUT2D eigenvalue weighted by molar-refractivity contribution is -0.139. The lowest BCUT2D eigenvalue weighted by Crippen LogP contribution is -2.26. The summed E-state index contributed by atoms with van der Waals surface area (Å²) in [6.07, 6.45) is 0. The van der Waals surface area contributed by atoms with Crippen LogP contribution in [0.1, 0.15) is 18.1 Å². The van der Waals surface area contributed by atoms with E-state index >= 15 is 0 Å². The average molecular weight is 226 g/mol. The van der Waals surface area contributed by atoms with Gasteiger partial charge in [-0.05, 0) is 18.1 Å². The third-order valence-electron chi connectivity index (χ3n) is 2.93. The van der Waals surface area contributed by atoms with Gasteiger partial charge in [-0.2, -0.15) is 0 Å². The maximum Gasteiger partial charge on any atom is 0.294 e. The summed E-state index contributed by atoms with van der Waals surface area (Å²) in [5, 5.41) is 0. The third kappa shape index (κ3) is 2.21. The zero-order valence-electron chi connectivity index (χ0n) is 9.67. The molecule has 0 aromatic heterocycles. The highest BCUT2D eigenvalue weighted by atomic mass is 16.5. The molecule has 0 unspecified atom stereocenters. The van der Waals surface area contributed by atoms with Crippen LogP contribution < -0.4 is 0 Å². The molecular formula is C15H14O2. The van der Waals surface area contributed by atoms with Crippen molar-refractivity contribution in [3.63, 3.8) is 0 Å². The lowest BCUT2D eigenvalue weighted by atomic mass is 9.88. The Morgan fingerprint density at radius 1 is 0.882 bits per heavy atom. The maximum atomic E-state index is 10.7. The van der Waals surface area contributed by atoms with Gasteiger partial charge < -0.3 is 4.74 Å². The van der Waals surface area contributed by atoms with Crippen LogP contribution in [0, 0.1) is 0 Å². The van der Waals surface area contributed by atoms with Crippen molar-refractivity contribution in [2.75, 3.05) is 0 Å². The quantitative estimate of drug-likeness (QED) is 0.749. The van der Waals surface area contributed by atoms with Gasteiger partial charge in [-0.1, -0.05) is 60.7 Å². The minimum Gasteiger partial charge on any atom is -0.452 e. The van der Waals surface area contributed by atoms with Gasteiger partial charge in [0.15, 0.2) is 5.60 Å². The highest BCUT2D eigenvalue weighted by Crippen LogP contribution is 2.32. The van der Waals surface area contributed by atoms with Gasteiger partial charge in [-0.25, -0.2) is 0 Å². The van der Waals surface area contributed by atoms with E-state index in [0.29, 0.717) is 6.47 Å². The first-order valence-electron chi connectivity index (χ1n) is 5.50. The Morgan fingerprint density at radius 3 is 1.65 bits per heavy atom. The van der Waals surface area contributed by atoms with Crippen molar-refractivity contribution in [2.45, 2.75) is 12.5 Å². The van der Waals surface area contributed by atoms with E-state index in [0.717, 1.165) is 11.1 Å². The Labute approximate surface area is 101 Å². The Balaban J connectivity index is 2.50. The molecule has 0 aliphatic carbocycles. The summed E-state index contributed by atoms with van der Waals surface area (Å²) in [4.78, 5) is 10.7. The van der Waals surface area contributed by atoms with Crippen LogP contribution in [0.2, 0.25) is 0 Å². The number of hydrogen-bond donors (Lipinski definition) is 0. The largest absolute Gasteiger partial charge is 0.452 e. The van der Waals surface area contributed by atoms with Crippen molar-refractivity contribution in [3.05, 3.63) is 71.8 Å². The van der Waals surface area contributed by atoms with Crippen molar-refractivity contribution in [1.82, 2.24) is 0 Å². The molecule has 2 aromatic rings. The summed E-state index contributed by atoms with van der Waals surface area (Å²) < 4.78 is 5.32. The van der Waals surface area contributed by atoms with Crippen LogP contribution in [-0.2, 0) is 15.1 Å². The molecule has 0 saturated carbocycles. The first-order chi connectivity index (χ1) is 8.27. The molecule has 0 fully saturated rings. The number of carbonyl (C=O) groups excluding carboxylic acids is 1. The number of ether oxygens (including phenoxy) is 1. The molecule has 0 heterocycles. The first-order valence-corrected chi connectivity index (χ1v) is 5.50. The Hall–Kier alpha value is -2.09. The van der Waals surface area contributed by atoms with Gasteiger partial charge in [0, 0.05) is 0 Å². The summed E-state index contributed by atoms with van der Waals surface area (Å²) in [7, 11) is 0. The van der Waals surface area contributed by atoms with E-state index in [1.807, 2.05) is 67.6 Å². The van der Waals surface area contributed by atoms with E-state index in [9.17, 15) is 4.79 Å². The van der Waals surface area contributed by atoms with Gasteiger partial charge in [-0.15, -0.1) is 0 Å². The fraction of sp³-hybridized carbons (Fsp3) is 0.133. The van der Waals surface area contributed by atoms with Gasteiger partial charge in [0.25, 0.3) is 6.47 Å². The van der Waals surface area contributed by atoms with Crippen molar-refractivity contribution >= 4 is 6.47 Å². The lowest BCUT2D eigenvalue weighted by Gasteiger charge is -2.28. The molecule has 2 aromatic carbocycles. The van der Waals surface area contributed by atoms with Crippen LogP contribution in [0.15, 0.2) is 60.7 Å². The van der Waals surface area contributed by atoms with Crippen molar-refractivity contribution in [3.8, 4) is 0 Å². The predicted molar refractivity (Wildman–Crippen MR) is 66.5 cm³/mol. The highest BCUT2D eigenvalue weighted by molar-refractivity contribution is 5.44. The SMILES string of the molecule is CC(OC=O)(c1ccccc1)c1ccccc1. The van der Waals surface area contributed by atoms with Gasteiger partial charge in [-0.3, -0.25) is 4.79 Å². The molecule has 17 heavy (non-hydrogen) atoms. The van der Waals surface area contributed by atoms with Gasteiger partial charge in [0.1, 0.15) is 0 Å². The monoisotopic (exact) mass is 226 g/mol. The summed E-state index contributed by atoms with van der Waals surface area (Å²) in [5.41, 5.74) is 1.18. The van der Waals surface area contributed by atoms with Crippen molar-refractivity contribution in [2.24, 2.45) is 0 Å². The zero-order chi connectivity index (χ0) is 12.1. The maximum absolute atomic E-state index is 10.7. The molecule has 0 atom stereocenters. The second-order valence-corrected chi connectivity index (χ2v) is 3.98. The molecule has 0 aliphatic heterocycles. The molecular weight excluding hydrogens is 212 g/mol. The molecule has 2 rings (SSSR count). The van der Waals surface area contributed by atoms with Crippen LogP contribution in [0.5, 0.6) is 0 Å². The van der Waals surface area contributed by atoms with E-state index in [-0.39, 0.29) is 0 Å². The molecule has 2 nitrogen and oxygen atoms in total. The average Bonchev–Trinajstić information content (AvgIpc) is 2.41. The molecule has 0 aliphatic rings. The summed E-state index contributed by atoms with van der Waals surface area (Å²) in [6.45, 7) is 2.39. The Bertz CT molecular complexity index is 437. The normalized spacial score (nSPS) is 10.9. The van der Waals surface area contributed by atoms with Crippen LogP contribution in [0.3, 0.4) is 0 Å². The van der Waals surface area contributed by atoms with Crippen LogP contribution in [-0.4, -0.2) is 6.47 Å². The Morgan fingerprint density at radius 2 is 1.29 bits per heavy atom. The van der Waals surface area contributed by atoms with E-state index < -0.39 is 5.60 Å². The molecule has 0 spiro atoms. The molecule has 0 amide bonds. The minimum atomic E-state index is -0.732. The topological polar surface area (TPSA) is 26.3 Å². The smallest absolute Gasteiger partial charge is 0.294 e. The molecule has 0 radical (unpaired) electrons. The standard InChI is InChI=1S/C15H14O2/c1-15(17-12-16,13-8-4-2-5-9-13)14-10-6-3-7-11-14/h2-12H,1H3. The second kappa shape index (κ2) is 4.83. The fourth-order valence-electron chi connectivity index (χ4n) is 1.91. The van der Waals surface area contributed by atoms with E-state index in [2.05, 4.69) is 0 Å². The fourth-order valence-corrected chi connectivity index (χ4v) is 1.91. The van der Waals surface area contributed by atoms with E-state index in [1.165, 1.54) is 0 Å². The summed E-state index contributed by atoms with van der Waals surface area (Å²) >= 11 is 0. The number of hydrogen-bond acceptors (Lipinski definition) is 2. The number of rotatable bonds is 4. The third-order valence-corrected chi connectivity index (χ3v) is 2.93. The summed E-state index contributed by atoms with van der Waals surface area (Å²) in [6, 6.07) is 19.4. The van der Waals surface area contributed by atoms with Gasteiger partial charge in [0.2, 0.25) is 0 Å². The van der Waals surface area contributed by atoms with Crippen LogP contribution in [0.4, 0.5) is 0 Å². The van der Waals surface area contributed by atoms with Crippen molar-refractivity contribution in [1.29, 1.82) is 0 Å². The first kappa shape index (κ1) is 11.4. The van der Waals surface area contributed by atoms with Crippen LogP contribution >= 0.6 is 0 Å². The Kier molecular flexibility index (Phi) is 3.24. The van der Waals surface area contributed by atoms with Crippen molar-refractivity contribution < 1.29 is 9.53 Å². The summed E-state index contributed by atoms with van der Waals surface area (Å²) in [5.74, 6) is 0. The van der Waals surface area contributed by atoms with Gasteiger partial charge in [0.05, 0.1) is 0 Å². The molecule has 0 bridgehead atoms.